The molecule has 0 N–H and O–H groups in total. The van der Waals surface area contributed by atoms with Gasteiger partial charge >= 0.3 is 19.5 Å². The van der Waals surface area contributed by atoms with Crippen molar-refractivity contribution >= 4 is 15.9 Å². The quantitative estimate of drug-likeness (QED) is 0.503. The van der Waals surface area contributed by atoms with Crippen molar-refractivity contribution in [1.29, 1.82) is 0 Å². The van der Waals surface area contributed by atoms with E-state index in [0.717, 1.165) is 10.4 Å². The zero-order valence-electron chi connectivity index (χ0n) is 7.09. The number of hydrogen-bond donors (Lipinski definition) is 0. The zero-order valence-corrected chi connectivity index (χ0v) is 11.6. The van der Waals surface area contributed by atoms with Crippen molar-refractivity contribution in [2.45, 2.75) is 12.8 Å². The van der Waals surface area contributed by atoms with Gasteiger partial charge in [0.25, 0.3) is 0 Å². The second-order valence-electron chi connectivity index (χ2n) is 2.67. The molecule has 0 radical (unpaired) electrons. The van der Waals surface area contributed by atoms with Crippen LogP contribution in [0.1, 0.15) is 12.8 Å². The van der Waals surface area contributed by atoms with Gasteiger partial charge in [0.2, 0.25) is 0 Å². The average molecular weight is 276 g/mol. The summed E-state index contributed by atoms with van der Waals surface area (Å²) in [6.45, 7) is 3.75. The Morgan fingerprint density at radius 1 is 1.50 bits per heavy atom. The van der Waals surface area contributed by atoms with Gasteiger partial charge in [-0.2, -0.15) is 36.2 Å². The molecule has 0 unspecified atom stereocenters. The molecule has 1 aliphatic rings. The Morgan fingerprint density at radius 3 is 2.25 bits per heavy atom. The second kappa shape index (κ2) is 6.80. The SMILES string of the molecule is Brc1c[c-]ccc1.[CH2-]C1CC1.[Zn+2]. The average Bonchev–Trinajstić information content (AvgIpc) is 2.75. The Morgan fingerprint density at radius 2 is 2.08 bits per heavy atom. The van der Waals surface area contributed by atoms with Crippen LogP contribution in [-0.4, -0.2) is 0 Å². The standard InChI is InChI=1S/C6H4Br.C4H7.Zn/c7-6-4-2-1-3-5-6;1-4-2-3-4;/h1-2,4-5H;4H,1-3H2;/q2*-1;+2. The third kappa shape index (κ3) is 7.00. The fourth-order valence-corrected chi connectivity index (χ4v) is 0.774. The first-order chi connectivity index (χ1) is 5.29. The van der Waals surface area contributed by atoms with E-state index in [0.29, 0.717) is 0 Å². The van der Waals surface area contributed by atoms with Crippen molar-refractivity contribution in [3.63, 3.8) is 0 Å². The molecule has 12 heavy (non-hydrogen) atoms. The first-order valence-electron chi connectivity index (χ1n) is 3.74. The number of benzene rings is 1. The van der Waals surface area contributed by atoms with E-state index >= 15 is 0 Å². The first kappa shape index (κ1) is 12.3. The maximum atomic E-state index is 3.75. The second-order valence-corrected chi connectivity index (χ2v) is 3.58. The molecule has 2 rings (SSSR count). The molecule has 0 atom stereocenters. The van der Waals surface area contributed by atoms with Crippen molar-refractivity contribution < 1.29 is 19.5 Å². The molecule has 1 aromatic rings. The third-order valence-electron chi connectivity index (χ3n) is 1.37. The van der Waals surface area contributed by atoms with Crippen LogP contribution in [0.2, 0.25) is 0 Å². The van der Waals surface area contributed by atoms with Crippen molar-refractivity contribution in [3.8, 4) is 0 Å². The molecule has 60 valence electrons. The minimum atomic E-state index is 0. The van der Waals surface area contributed by atoms with E-state index in [1.807, 2.05) is 24.3 Å². The van der Waals surface area contributed by atoms with E-state index in [4.69, 9.17) is 0 Å². The number of halogens is 1. The molecule has 0 nitrogen and oxygen atoms in total. The van der Waals surface area contributed by atoms with Gasteiger partial charge in [-0.15, -0.1) is 15.9 Å². The molecular weight excluding hydrogens is 265 g/mol. The number of hydrogen-bond acceptors (Lipinski definition) is 0. The molecule has 0 saturated heterocycles. The molecule has 1 aliphatic carbocycles. The monoisotopic (exact) mass is 274 g/mol. The fourth-order valence-electron chi connectivity index (χ4n) is 0.489. The molecule has 0 amide bonds. The molecule has 0 spiro atoms. The molecule has 1 fully saturated rings. The van der Waals surface area contributed by atoms with Gasteiger partial charge in [-0.05, 0) is 0 Å². The summed E-state index contributed by atoms with van der Waals surface area (Å²) in [6.07, 6.45) is 2.75. The van der Waals surface area contributed by atoms with Crippen LogP contribution in [0.25, 0.3) is 0 Å². The van der Waals surface area contributed by atoms with Crippen LogP contribution in [0.5, 0.6) is 0 Å². The summed E-state index contributed by atoms with van der Waals surface area (Å²) in [6, 6.07) is 10.6. The molecule has 0 aromatic heterocycles. The topological polar surface area (TPSA) is 0 Å². The largest absolute Gasteiger partial charge is 2.00 e. The third-order valence-corrected chi connectivity index (χ3v) is 1.86. The molecule has 2 heteroatoms. The van der Waals surface area contributed by atoms with Crippen LogP contribution in [-0.2, 0) is 19.5 Å². The van der Waals surface area contributed by atoms with Gasteiger partial charge in [-0.1, -0.05) is 17.3 Å². The molecule has 1 saturated carbocycles. The minimum Gasteiger partial charge on any atom is -0.340 e. The summed E-state index contributed by atoms with van der Waals surface area (Å²) >= 11 is 3.28. The van der Waals surface area contributed by atoms with Gasteiger partial charge in [0.1, 0.15) is 0 Å². The van der Waals surface area contributed by atoms with Crippen LogP contribution in [0.15, 0.2) is 28.7 Å². The van der Waals surface area contributed by atoms with Gasteiger partial charge < -0.3 is 6.92 Å². The number of rotatable bonds is 0. The van der Waals surface area contributed by atoms with E-state index in [1.165, 1.54) is 12.8 Å². The Bertz CT molecular complexity index is 194. The fraction of sp³-hybridized carbons (Fsp3) is 0.300. The van der Waals surface area contributed by atoms with Crippen LogP contribution in [0.4, 0.5) is 0 Å². The van der Waals surface area contributed by atoms with Crippen molar-refractivity contribution in [2.24, 2.45) is 5.92 Å². The Balaban J connectivity index is 0.000000209. The Labute approximate surface area is 95.6 Å². The van der Waals surface area contributed by atoms with Gasteiger partial charge in [0, 0.05) is 0 Å². The van der Waals surface area contributed by atoms with E-state index in [1.54, 1.807) is 0 Å². The smallest absolute Gasteiger partial charge is 0.340 e. The van der Waals surface area contributed by atoms with Gasteiger partial charge in [-0.25, -0.2) is 0 Å². The van der Waals surface area contributed by atoms with E-state index in [9.17, 15) is 0 Å². The van der Waals surface area contributed by atoms with Crippen LogP contribution in [0.3, 0.4) is 0 Å². The van der Waals surface area contributed by atoms with Crippen LogP contribution >= 0.6 is 15.9 Å². The summed E-state index contributed by atoms with van der Waals surface area (Å²) < 4.78 is 1.08. The van der Waals surface area contributed by atoms with Crippen molar-refractivity contribution in [1.82, 2.24) is 0 Å². The maximum Gasteiger partial charge on any atom is 2.00 e. The molecule has 1 aromatic carbocycles. The summed E-state index contributed by atoms with van der Waals surface area (Å²) in [5, 5.41) is 0. The van der Waals surface area contributed by atoms with Crippen LogP contribution < -0.4 is 0 Å². The first-order valence-corrected chi connectivity index (χ1v) is 4.53. The van der Waals surface area contributed by atoms with Crippen LogP contribution in [0, 0.1) is 18.9 Å². The summed E-state index contributed by atoms with van der Waals surface area (Å²) in [7, 11) is 0. The zero-order chi connectivity index (χ0) is 8.10. The van der Waals surface area contributed by atoms with Crippen molar-refractivity contribution in [3.05, 3.63) is 41.7 Å². The van der Waals surface area contributed by atoms with Gasteiger partial charge in [0.05, 0.1) is 0 Å². The summed E-state index contributed by atoms with van der Waals surface area (Å²) in [5.74, 6) is 0.833. The predicted molar refractivity (Wildman–Crippen MR) is 51.1 cm³/mol. The Kier molecular flexibility index (Phi) is 6.98. The predicted octanol–water partition coefficient (Wildman–Crippen LogP) is 3.48. The minimum absolute atomic E-state index is 0. The normalized spacial score (nSPS) is 13.8. The van der Waals surface area contributed by atoms with E-state index in [-0.39, 0.29) is 19.5 Å². The molecular formula is C10H11BrZn. The summed E-state index contributed by atoms with van der Waals surface area (Å²) in [4.78, 5) is 0. The van der Waals surface area contributed by atoms with E-state index in [2.05, 4.69) is 28.9 Å². The maximum absolute atomic E-state index is 3.75. The van der Waals surface area contributed by atoms with Gasteiger partial charge in [0.15, 0.2) is 0 Å². The summed E-state index contributed by atoms with van der Waals surface area (Å²) in [5.41, 5.74) is 0. The van der Waals surface area contributed by atoms with Crippen molar-refractivity contribution in [2.75, 3.05) is 0 Å². The molecule has 0 bridgehead atoms. The van der Waals surface area contributed by atoms with Gasteiger partial charge in [-0.3, -0.25) is 0 Å². The Hall–Kier alpha value is 0.323. The van der Waals surface area contributed by atoms with E-state index < -0.39 is 0 Å². The molecule has 0 heterocycles. The molecule has 0 aliphatic heterocycles.